The first-order valence-corrected chi connectivity index (χ1v) is 11.7. The minimum Gasteiger partial charge on any atom is -0.366 e. The molecule has 0 saturated carbocycles. The van der Waals surface area contributed by atoms with Gasteiger partial charge in [-0.15, -0.1) is 0 Å². The van der Waals surface area contributed by atoms with E-state index in [1.54, 1.807) is 6.07 Å². The third-order valence-corrected chi connectivity index (χ3v) is 6.58. The maximum Gasteiger partial charge on any atom is 0.244 e. The molecule has 1 aliphatic heterocycles. The molecule has 0 saturated heterocycles. The Labute approximate surface area is 195 Å². The molecule has 1 heterocycles. The van der Waals surface area contributed by atoms with Gasteiger partial charge < -0.3 is 4.90 Å². The van der Waals surface area contributed by atoms with Crippen LogP contribution in [0.1, 0.15) is 63.1 Å². The molecule has 33 heavy (non-hydrogen) atoms. The lowest BCUT2D eigenvalue weighted by atomic mass is 9.79. The number of anilines is 1. The van der Waals surface area contributed by atoms with Gasteiger partial charge in [0, 0.05) is 23.3 Å². The fourth-order valence-electron chi connectivity index (χ4n) is 5.10. The minimum atomic E-state index is -0.327. The quantitative estimate of drug-likeness (QED) is 0.364. The molecule has 0 aliphatic carbocycles. The van der Waals surface area contributed by atoms with Gasteiger partial charge in [0.2, 0.25) is 5.91 Å². The fraction of sp³-hybridized carbons (Fsp3) is 0.357. The second kappa shape index (κ2) is 9.34. The maximum absolute atomic E-state index is 15.0. The molecule has 1 N–H and O–H groups in total. The number of nitrogens with zero attached hydrogens (tertiary/aromatic N) is 2. The molecule has 0 fully saturated rings. The van der Waals surface area contributed by atoms with Crippen molar-refractivity contribution in [2.45, 2.75) is 58.4 Å². The van der Waals surface area contributed by atoms with E-state index in [1.165, 1.54) is 6.21 Å². The first-order valence-electron chi connectivity index (χ1n) is 11.7. The van der Waals surface area contributed by atoms with E-state index in [1.807, 2.05) is 48.5 Å². The molecule has 1 atom stereocenters. The van der Waals surface area contributed by atoms with Crippen LogP contribution in [-0.4, -0.2) is 24.2 Å². The summed E-state index contributed by atoms with van der Waals surface area (Å²) in [6, 6.07) is 17.4. The maximum atomic E-state index is 15.0. The van der Waals surface area contributed by atoms with E-state index in [4.69, 9.17) is 0 Å². The van der Waals surface area contributed by atoms with Crippen LogP contribution in [0.3, 0.4) is 0 Å². The summed E-state index contributed by atoms with van der Waals surface area (Å²) in [7, 11) is 0. The van der Waals surface area contributed by atoms with Gasteiger partial charge in [0.15, 0.2) is 0 Å². The van der Waals surface area contributed by atoms with E-state index in [-0.39, 0.29) is 23.7 Å². The number of hydrogen-bond donors (Lipinski definition) is 1. The predicted molar refractivity (Wildman–Crippen MR) is 135 cm³/mol. The summed E-state index contributed by atoms with van der Waals surface area (Å²) < 4.78 is 15.0. The van der Waals surface area contributed by atoms with Crippen LogP contribution in [0, 0.1) is 5.82 Å². The Kier molecular flexibility index (Phi) is 6.50. The summed E-state index contributed by atoms with van der Waals surface area (Å²) >= 11 is 0. The summed E-state index contributed by atoms with van der Waals surface area (Å²) in [5.74, 6) is -0.242. The molecule has 1 aliphatic rings. The van der Waals surface area contributed by atoms with Crippen molar-refractivity contribution in [1.82, 2.24) is 5.43 Å². The van der Waals surface area contributed by atoms with Gasteiger partial charge >= 0.3 is 0 Å². The number of amides is 1. The van der Waals surface area contributed by atoms with Crippen LogP contribution >= 0.6 is 0 Å². The van der Waals surface area contributed by atoms with Crippen LogP contribution < -0.4 is 10.3 Å². The van der Waals surface area contributed by atoms with Crippen LogP contribution in [0.5, 0.6) is 0 Å². The molecule has 1 amide bonds. The van der Waals surface area contributed by atoms with Crippen molar-refractivity contribution in [1.29, 1.82) is 0 Å². The van der Waals surface area contributed by atoms with Gasteiger partial charge in [0.1, 0.15) is 5.82 Å². The van der Waals surface area contributed by atoms with E-state index >= 15 is 0 Å². The lowest BCUT2D eigenvalue weighted by Gasteiger charge is -2.47. The van der Waals surface area contributed by atoms with Crippen LogP contribution in [0.4, 0.5) is 10.1 Å². The highest BCUT2D eigenvalue weighted by Crippen LogP contribution is 2.44. The zero-order chi connectivity index (χ0) is 23.6. The molecule has 1 unspecified atom stereocenters. The third-order valence-electron chi connectivity index (χ3n) is 6.58. The van der Waals surface area contributed by atoms with E-state index in [0.29, 0.717) is 11.5 Å². The first-order chi connectivity index (χ1) is 15.8. The number of hydrazone groups is 1. The lowest BCUT2D eigenvalue weighted by molar-refractivity contribution is -0.120. The summed E-state index contributed by atoms with van der Waals surface area (Å²) in [4.78, 5) is 14.8. The second-order valence-corrected chi connectivity index (χ2v) is 9.61. The summed E-state index contributed by atoms with van der Waals surface area (Å²) in [6.07, 6.45) is 3.63. The summed E-state index contributed by atoms with van der Waals surface area (Å²) in [6.45, 7) is 9.67. The minimum absolute atomic E-state index is 0.0138. The molecule has 0 aromatic heterocycles. The van der Waals surface area contributed by atoms with Gasteiger partial charge in [-0.25, -0.2) is 9.82 Å². The molecule has 3 aromatic rings. The molecule has 4 nitrogen and oxygen atoms in total. The molecule has 0 bridgehead atoms. The number of carbonyl (C=O) groups excluding carboxylic acids is 1. The van der Waals surface area contributed by atoms with E-state index in [2.05, 4.69) is 43.1 Å². The van der Waals surface area contributed by atoms with Crippen LogP contribution in [0.25, 0.3) is 10.8 Å². The van der Waals surface area contributed by atoms with Crippen molar-refractivity contribution in [2.24, 2.45) is 5.10 Å². The van der Waals surface area contributed by atoms with Gasteiger partial charge in [-0.1, -0.05) is 56.3 Å². The van der Waals surface area contributed by atoms with Crippen molar-refractivity contribution in [2.75, 3.05) is 11.4 Å². The molecule has 0 spiro atoms. The van der Waals surface area contributed by atoms with Crippen LogP contribution in [0.15, 0.2) is 59.7 Å². The standard InChI is InChI=1S/C28H32FN3O/c1-5-13-32-26-16-25(29)22(14-24(26)19(2)17-28(32,3)4)18-30-31-27(33)15-21-11-8-10-20-9-6-7-12-23(20)21/h6-12,14,16,18-19H,5,13,15,17H2,1-4H3,(H,31,33)/b30-18-. The number of nitrogens with one attached hydrogen (secondary N) is 1. The fourth-order valence-corrected chi connectivity index (χ4v) is 5.10. The van der Waals surface area contributed by atoms with Gasteiger partial charge in [-0.05, 0) is 66.6 Å². The molecule has 3 aromatic carbocycles. The molecular formula is C28H32FN3O. The number of fused-ring (bicyclic) bond motifs is 2. The number of benzene rings is 3. The molecule has 4 rings (SSSR count). The van der Waals surface area contributed by atoms with Crippen molar-refractivity contribution in [3.63, 3.8) is 0 Å². The average molecular weight is 446 g/mol. The van der Waals surface area contributed by atoms with Gasteiger partial charge in [-0.2, -0.15) is 5.10 Å². The van der Waals surface area contributed by atoms with Crippen molar-refractivity contribution in [3.8, 4) is 0 Å². The highest BCUT2D eigenvalue weighted by atomic mass is 19.1. The van der Waals surface area contributed by atoms with Crippen molar-refractivity contribution >= 4 is 28.6 Å². The van der Waals surface area contributed by atoms with Crippen molar-refractivity contribution < 1.29 is 9.18 Å². The Morgan fingerprint density at radius 1 is 1.21 bits per heavy atom. The average Bonchev–Trinajstić information content (AvgIpc) is 2.77. The largest absolute Gasteiger partial charge is 0.366 e. The second-order valence-electron chi connectivity index (χ2n) is 9.61. The summed E-state index contributed by atoms with van der Waals surface area (Å²) in [5.41, 5.74) is 5.97. The SMILES string of the molecule is CCCN1c2cc(F)c(/C=N\NC(=O)Cc3cccc4ccccc34)cc2C(C)CC1(C)C. The van der Waals surface area contributed by atoms with Gasteiger partial charge in [0.05, 0.1) is 12.6 Å². The monoisotopic (exact) mass is 445 g/mol. The number of carbonyl (C=O) groups is 1. The van der Waals surface area contributed by atoms with E-state index < -0.39 is 0 Å². The normalized spacial score (nSPS) is 17.4. The van der Waals surface area contributed by atoms with Crippen LogP contribution in [-0.2, 0) is 11.2 Å². The molecule has 5 heteroatoms. The Morgan fingerprint density at radius 2 is 1.97 bits per heavy atom. The first kappa shape index (κ1) is 23.0. The zero-order valence-corrected chi connectivity index (χ0v) is 19.9. The van der Waals surface area contributed by atoms with Gasteiger partial charge in [-0.3, -0.25) is 4.79 Å². The predicted octanol–water partition coefficient (Wildman–Crippen LogP) is 6.17. The smallest absolute Gasteiger partial charge is 0.244 e. The molecular weight excluding hydrogens is 413 g/mol. The van der Waals surface area contributed by atoms with Crippen LogP contribution in [0.2, 0.25) is 0 Å². The van der Waals surface area contributed by atoms with E-state index in [0.717, 1.165) is 47.0 Å². The third kappa shape index (κ3) is 4.77. The number of hydrogen-bond acceptors (Lipinski definition) is 3. The Bertz CT molecular complexity index is 1200. The molecule has 172 valence electrons. The Morgan fingerprint density at radius 3 is 2.76 bits per heavy atom. The molecule has 0 radical (unpaired) electrons. The van der Waals surface area contributed by atoms with Crippen molar-refractivity contribution in [3.05, 3.63) is 77.1 Å². The highest BCUT2D eigenvalue weighted by molar-refractivity contribution is 5.91. The highest BCUT2D eigenvalue weighted by Gasteiger charge is 2.36. The number of rotatable bonds is 6. The summed E-state index contributed by atoms with van der Waals surface area (Å²) in [5, 5.41) is 6.20. The topological polar surface area (TPSA) is 44.7 Å². The number of halogens is 1. The Balaban J connectivity index is 1.51. The lowest BCUT2D eigenvalue weighted by Crippen LogP contribution is -2.48. The van der Waals surface area contributed by atoms with E-state index in [9.17, 15) is 9.18 Å². The zero-order valence-electron chi connectivity index (χ0n) is 19.9. The Hall–Kier alpha value is -3.21. The van der Waals surface area contributed by atoms with Gasteiger partial charge in [0.25, 0.3) is 0 Å².